The molecule has 2 fully saturated rings. The molecule has 4 heteroatoms. The van der Waals surface area contributed by atoms with Gasteiger partial charge in [-0.15, -0.1) is 9.15 Å². The summed E-state index contributed by atoms with van der Waals surface area (Å²) in [6.07, 6.45) is 15.8. The van der Waals surface area contributed by atoms with Crippen molar-refractivity contribution in [3.63, 3.8) is 0 Å². The fourth-order valence-corrected chi connectivity index (χ4v) is 3.60. The van der Waals surface area contributed by atoms with Crippen LogP contribution in [0.4, 0.5) is 0 Å². The average molecular weight is 230 g/mol. The molecule has 0 aliphatic carbocycles. The molecule has 0 aromatic heterocycles. The van der Waals surface area contributed by atoms with E-state index >= 15 is 0 Å². The van der Waals surface area contributed by atoms with Crippen molar-refractivity contribution < 1.29 is 9.15 Å². The molecule has 88 valence electrons. The number of nitrogens with zero attached hydrogens (tertiary/aromatic N) is 4. The van der Waals surface area contributed by atoms with Gasteiger partial charge in [0.1, 0.15) is 0 Å². The summed E-state index contributed by atoms with van der Waals surface area (Å²) in [5.41, 5.74) is 0. The first-order chi connectivity index (χ1) is 8.42. The van der Waals surface area contributed by atoms with Crippen molar-refractivity contribution in [2.75, 3.05) is 26.2 Å². The van der Waals surface area contributed by atoms with Crippen molar-refractivity contribution in [2.45, 2.75) is 18.8 Å². The van der Waals surface area contributed by atoms with E-state index < -0.39 is 0 Å². The van der Waals surface area contributed by atoms with E-state index in [1.807, 2.05) is 0 Å². The highest BCUT2D eigenvalue weighted by atomic mass is 15.7. The summed E-state index contributed by atoms with van der Waals surface area (Å²) in [5, 5.41) is 0. The van der Waals surface area contributed by atoms with Crippen LogP contribution in [-0.2, 0) is 0 Å². The zero-order chi connectivity index (χ0) is 11.3. The molecule has 0 N–H and O–H groups in total. The van der Waals surface area contributed by atoms with Gasteiger partial charge >= 0.3 is 5.91 Å². The lowest BCUT2D eigenvalue weighted by molar-refractivity contribution is -0.895. The lowest BCUT2D eigenvalue weighted by atomic mass is 10.1. The molecule has 4 heterocycles. The van der Waals surface area contributed by atoms with Crippen LogP contribution in [0.25, 0.3) is 0 Å². The smallest absolute Gasteiger partial charge is 0.238 e. The van der Waals surface area contributed by atoms with Crippen LogP contribution >= 0.6 is 0 Å². The molecule has 0 radical (unpaired) electrons. The molecular weight excluding hydrogens is 212 g/mol. The summed E-state index contributed by atoms with van der Waals surface area (Å²) < 4.78 is 4.96. The summed E-state index contributed by atoms with van der Waals surface area (Å²) in [6, 6.07) is 0. The molecule has 0 bridgehead atoms. The van der Waals surface area contributed by atoms with E-state index in [9.17, 15) is 0 Å². The van der Waals surface area contributed by atoms with Crippen LogP contribution in [0.1, 0.15) is 12.8 Å². The number of rotatable bonds is 0. The van der Waals surface area contributed by atoms with Gasteiger partial charge in [-0.2, -0.15) is 0 Å². The second-order valence-electron chi connectivity index (χ2n) is 5.06. The second-order valence-corrected chi connectivity index (χ2v) is 5.06. The highest BCUT2D eigenvalue weighted by molar-refractivity contribution is 5.68. The lowest BCUT2D eigenvalue weighted by Crippen LogP contribution is -2.76. The third-order valence-corrected chi connectivity index (χ3v) is 4.20. The van der Waals surface area contributed by atoms with Crippen LogP contribution in [0.3, 0.4) is 0 Å². The predicted molar refractivity (Wildman–Crippen MR) is 66.0 cm³/mol. The molecule has 4 aliphatic heterocycles. The molecule has 0 atom stereocenters. The quantitative estimate of drug-likeness (QED) is 0.552. The first-order valence-corrected chi connectivity index (χ1v) is 6.53. The van der Waals surface area contributed by atoms with E-state index in [1.54, 1.807) is 0 Å². The Kier molecular flexibility index (Phi) is 1.79. The van der Waals surface area contributed by atoms with Crippen LogP contribution in [0.5, 0.6) is 0 Å². The van der Waals surface area contributed by atoms with Gasteiger partial charge in [-0.25, -0.2) is 9.80 Å². The standard InChI is InChI=1S/C13H18N4/c1-5-14-7-2-9-16-11-4-12-17-10-3-8-15(6-1)13(14,16)17/h1,4-6,11-12H,2-3,7-10H2/q+2. The number of hydrogen-bond donors (Lipinski definition) is 0. The molecule has 0 aromatic carbocycles. The Morgan fingerprint density at radius 2 is 1.41 bits per heavy atom. The van der Waals surface area contributed by atoms with Crippen molar-refractivity contribution in [2.24, 2.45) is 0 Å². The summed E-state index contributed by atoms with van der Waals surface area (Å²) in [4.78, 5) is 4.96. The normalized spacial score (nSPS) is 28.2. The molecule has 4 rings (SSSR count). The summed E-state index contributed by atoms with van der Waals surface area (Å²) in [6.45, 7) is 4.59. The Hall–Kier alpha value is -1.58. The van der Waals surface area contributed by atoms with E-state index in [1.165, 1.54) is 12.8 Å². The van der Waals surface area contributed by atoms with Gasteiger partial charge in [0.25, 0.3) is 0 Å². The number of hydrogen-bond acceptors (Lipinski definition) is 2. The minimum Gasteiger partial charge on any atom is -0.238 e. The fourth-order valence-electron chi connectivity index (χ4n) is 3.60. The summed E-state index contributed by atoms with van der Waals surface area (Å²) >= 11 is 0. The Balaban J connectivity index is 1.94. The Morgan fingerprint density at radius 3 is 2.00 bits per heavy atom. The molecule has 0 aromatic rings. The first-order valence-electron chi connectivity index (χ1n) is 6.53. The van der Waals surface area contributed by atoms with E-state index in [0.29, 0.717) is 0 Å². The predicted octanol–water partition coefficient (Wildman–Crippen LogP) is 0.230. The van der Waals surface area contributed by atoms with Gasteiger partial charge in [-0.3, -0.25) is 0 Å². The van der Waals surface area contributed by atoms with Gasteiger partial charge in [0.15, 0.2) is 25.5 Å². The molecule has 4 nitrogen and oxygen atoms in total. The minimum atomic E-state index is -0.0694. The van der Waals surface area contributed by atoms with E-state index in [-0.39, 0.29) is 5.91 Å². The average Bonchev–Trinajstić information content (AvgIpc) is 2.39. The van der Waals surface area contributed by atoms with Crippen LogP contribution in [-0.4, -0.2) is 63.5 Å². The SMILES string of the molecule is C1=CN2CCCN3C=CC=[N+]4CCC[N+](=C1)C234. The van der Waals surface area contributed by atoms with E-state index in [4.69, 9.17) is 0 Å². The van der Waals surface area contributed by atoms with Crippen molar-refractivity contribution >= 4 is 12.4 Å². The Labute approximate surface area is 101 Å². The van der Waals surface area contributed by atoms with Gasteiger partial charge in [0.2, 0.25) is 0 Å². The van der Waals surface area contributed by atoms with E-state index in [2.05, 4.69) is 55.9 Å². The Morgan fingerprint density at radius 1 is 0.824 bits per heavy atom. The fraction of sp³-hybridized carbons (Fsp3) is 0.538. The molecular formula is C13H18N4+2. The molecule has 17 heavy (non-hydrogen) atoms. The van der Waals surface area contributed by atoms with Crippen LogP contribution < -0.4 is 0 Å². The highest BCUT2D eigenvalue weighted by Gasteiger charge is 2.65. The highest BCUT2D eigenvalue weighted by Crippen LogP contribution is 2.34. The van der Waals surface area contributed by atoms with Crippen molar-refractivity contribution in [3.8, 4) is 0 Å². The van der Waals surface area contributed by atoms with Gasteiger partial charge < -0.3 is 0 Å². The third kappa shape index (κ3) is 1.03. The molecule has 0 amide bonds. The zero-order valence-electron chi connectivity index (χ0n) is 10.00. The van der Waals surface area contributed by atoms with Gasteiger partial charge in [-0.1, -0.05) is 0 Å². The molecule has 2 saturated heterocycles. The molecule has 1 spiro atoms. The summed E-state index contributed by atoms with van der Waals surface area (Å²) in [7, 11) is 0. The zero-order valence-corrected chi connectivity index (χ0v) is 10.00. The van der Waals surface area contributed by atoms with Crippen LogP contribution in [0.15, 0.2) is 24.6 Å². The van der Waals surface area contributed by atoms with E-state index in [0.717, 1.165) is 26.2 Å². The largest absolute Gasteiger partial charge is 0.532 e. The minimum absolute atomic E-state index is 0.0694. The van der Waals surface area contributed by atoms with Crippen LogP contribution in [0, 0.1) is 0 Å². The molecule has 0 saturated carbocycles. The lowest BCUT2D eigenvalue weighted by Gasteiger charge is -2.48. The summed E-state index contributed by atoms with van der Waals surface area (Å²) in [5.74, 6) is -0.0694. The number of allylic oxidation sites excluding steroid dienone is 2. The van der Waals surface area contributed by atoms with Gasteiger partial charge in [0, 0.05) is 37.6 Å². The third-order valence-electron chi connectivity index (χ3n) is 4.20. The van der Waals surface area contributed by atoms with Crippen molar-refractivity contribution in [1.82, 2.24) is 9.80 Å². The van der Waals surface area contributed by atoms with Gasteiger partial charge in [0.05, 0.1) is 6.42 Å². The maximum absolute atomic E-state index is 2.48. The maximum Gasteiger partial charge on any atom is 0.532 e. The molecule has 0 unspecified atom stereocenters. The van der Waals surface area contributed by atoms with Gasteiger partial charge in [-0.05, 0) is 6.42 Å². The second kappa shape index (κ2) is 3.22. The topological polar surface area (TPSA) is 12.5 Å². The monoisotopic (exact) mass is 230 g/mol. The van der Waals surface area contributed by atoms with Crippen LogP contribution in [0.2, 0.25) is 0 Å². The maximum atomic E-state index is 2.48. The van der Waals surface area contributed by atoms with Crippen molar-refractivity contribution in [3.05, 3.63) is 24.6 Å². The van der Waals surface area contributed by atoms with Crippen molar-refractivity contribution in [1.29, 1.82) is 0 Å². The first kappa shape index (κ1) is 9.45. The Bertz CT molecular complexity index is 430. The molecule has 4 aliphatic rings.